The molecule has 0 saturated heterocycles. The Morgan fingerprint density at radius 3 is 2.00 bits per heavy atom. The van der Waals surface area contributed by atoms with E-state index >= 15 is 0 Å². The Labute approximate surface area is 171 Å². The number of nitrogens with one attached hydrogen (secondary N) is 2. The van der Waals surface area contributed by atoms with Gasteiger partial charge in [0.2, 0.25) is 0 Å². The van der Waals surface area contributed by atoms with Gasteiger partial charge in [-0.1, -0.05) is 15.3 Å². The molecule has 0 radical (unpaired) electrons. The molecule has 0 aromatic carbocycles. The Hall–Kier alpha value is -2.27. The molecule has 0 aliphatic rings. The largest absolute Gasteiger partial charge is 0.434 e. The van der Waals surface area contributed by atoms with Crippen molar-refractivity contribution in [1.82, 2.24) is 20.2 Å². The zero-order valence-electron chi connectivity index (χ0n) is 18.1. The second-order valence-electron chi connectivity index (χ2n) is 8.60. The normalized spacial score (nSPS) is 15.5. The van der Waals surface area contributed by atoms with Crippen molar-refractivity contribution >= 4 is 5.95 Å². The van der Waals surface area contributed by atoms with Gasteiger partial charge in [-0.3, -0.25) is 0 Å². The second-order valence-corrected chi connectivity index (χ2v) is 8.60. The van der Waals surface area contributed by atoms with Gasteiger partial charge in [0.05, 0.1) is 6.54 Å². The van der Waals surface area contributed by atoms with E-state index < -0.39 is 28.1 Å². The molecule has 0 spiro atoms. The minimum Gasteiger partial charge on any atom is -0.390 e. The summed E-state index contributed by atoms with van der Waals surface area (Å²) in [7, 11) is 0. The van der Waals surface area contributed by atoms with Crippen LogP contribution in [0.4, 0.5) is 5.95 Å². The second kappa shape index (κ2) is 10.5. The molecule has 2 N–H and O–H groups in total. The highest BCUT2D eigenvalue weighted by atomic mass is 16.6. The summed E-state index contributed by atoms with van der Waals surface area (Å²) in [6.07, 6.45) is 3.63. The van der Waals surface area contributed by atoms with Crippen molar-refractivity contribution in [2.45, 2.75) is 77.7 Å². The molecule has 1 aromatic rings. The topological polar surface area (TPSA) is 144 Å². The van der Waals surface area contributed by atoms with Crippen LogP contribution in [0, 0.1) is 25.8 Å². The maximum Gasteiger partial charge on any atom is 0.434 e. The number of nitro groups is 1. The Morgan fingerprint density at radius 2 is 1.59 bits per heavy atom. The predicted octanol–water partition coefficient (Wildman–Crippen LogP) is 2.84. The van der Waals surface area contributed by atoms with Crippen molar-refractivity contribution in [2.24, 2.45) is 16.3 Å². The summed E-state index contributed by atoms with van der Waals surface area (Å²) >= 11 is 0. The fraction of sp³-hybridized carbons (Fsp3) is 0.833. The molecule has 0 saturated carbocycles. The van der Waals surface area contributed by atoms with Crippen LogP contribution in [-0.2, 0) is 6.54 Å². The van der Waals surface area contributed by atoms with Gasteiger partial charge >= 0.3 is 5.95 Å². The molecule has 11 heteroatoms. The van der Waals surface area contributed by atoms with E-state index in [1.165, 1.54) is 10.8 Å². The van der Waals surface area contributed by atoms with Crippen LogP contribution in [0.5, 0.6) is 0 Å². The van der Waals surface area contributed by atoms with Gasteiger partial charge in [0.15, 0.2) is 0 Å². The average molecular weight is 412 g/mol. The number of rotatable bonds is 14. The van der Waals surface area contributed by atoms with Crippen LogP contribution in [0.25, 0.3) is 0 Å². The van der Waals surface area contributed by atoms with E-state index in [2.05, 4.69) is 26.0 Å². The molecule has 164 valence electrons. The highest BCUT2D eigenvalue weighted by Crippen LogP contribution is 2.17. The minimum absolute atomic E-state index is 0.0771. The van der Waals surface area contributed by atoms with Crippen molar-refractivity contribution in [1.29, 1.82) is 0 Å². The molecule has 2 atom stereocenters. The Bertz CT molecular complexity index is 660. The first kappa shape index (κ1) is 24.8. The molecule has 0 bridgehead atoms. The highest BCUT2D eigenvalue weighted by Gasteiger charge is 2.30. The summed E-state index contributed by atoms with van der Waals surface area (Å²) in [6, 6.07) is -0.830. The van der Waals surface area contributed by atoms with E-state index in [-0.39, 0.29) is 11.9 Å². The Morgan fingerprint density at radius 1 is 1.10 bits per heavy atom. The van der Waals surface area contributed by atoms with Crippen LogP contribution in [0.2, 0.25) is 0 Å². The fourth-order valence-electron chi connectivity index (χ4n) is 2.62. The van der Waals surface area contributed by atoms with Gasteiger partial charge in [-0.15, -0.1) is 0 Å². The van der Waals surface area contributed by atoms with Crippen LogP contribution in [-0.4, -0.2) is 50.7 Å². The lowest BCUT2D eigenvalue weighted by Crippen LogP contribution is -2.53. The van der Waals surface area contributed by atoms with Crippen molar-refractivity contribution < 1.29 is 4.92 Å². The van der Waals surface area contributed by atoms with E-state index in [4.69, 9.17) is 0 Å². The van der Waals surface area contributed by atoms with Gasteiger partial charge in [0, 0.05) is 11.1 Å². The number of hydrogen-bond acceptors (Lipinski definition) is 9. The van der Waals surface area contributed by atoms with E-state index in [9.17, 15) is 19.9 Å². The summed E-state index contributed by atoms with van der Waals surface area (Å²) in [4.78, 5) is 36.2. The van der Waals surface area contributed by atoms with Crippen LogP contribution < -0.4 is 10.6 Å². The lowest BCUT2D eigenvalue weighted by Gasteiger charge is -2.33. The van der Waals surface area contributed by atoms with Gasteiger partial charge in [0.25, 0.3) is 0 Å². The molecule has 1 aromatic heterocycles. The third-order valence-electron chi connectivity index (χ3n) is 5.73. The zero-order chi connectivity index (χ0) is 22.2. The van der Waals surface area contributed by atoms with Gasteiger partial charge in [-0.2, -0.15) is 9.81 Å². The quantitative estimate of drug-likeness (QED) is 0.272. The lowest BCUT2D eigenvalue weighted by atomic mass is 9.93. The first-order valence-electron chi connectivity index (χ1n) is 9.75. The number of nitroso groups, excluding NO2 is 2. The number of aryl methyl sites for hydroxylation is 1. The van der Waals surface area contributed by atoms with Crippen molar-refractivity contribution in [3.63, 3.8) is 0 Å². The van der Waals surface area contributed by atoms with Crippen LogP contribution >= 0.6 is 0 Å². The summed E-state index contributed by atoms with van der Waals surface area (Å²) in [5.74, 6) is -0.115. The third kappa shape index (κ3) is 7.24. The summed E-state index contributed by atoms with van der Waals surface area (Å²) in [6.45, 7) is 12.7. The summed E-state index contributed by atoms with van der Waals surface area (Å²) in [5.41, 5.74) is -0.984. The molecular weight excluding hydrogens is 378 g/mol. The Kier molecular flexibility index (Phi) is 8.96. The van der Waals surface area contributed by atoms with E-state index in [1.54, 1.807) is 20.0 Å². The molecule has 0 amide bonds. The van der Waals surface area contributed by atoms with Gasteiger partial charge in [-0.05, 0) is 71.9 Å². The molecule has 11 nitrogen and oxygen atoms in total. The smallest absolute Gasteiger partial charge is 0.390 e. The average Bonchev–Trinajstić information content (AvgIpc) is 3.14. The maximum absolute atomic E-state index is 11.1. The standard InChI is InChI=1S/C18H33N7O4/c1-13(22-26)17(3,4)20-11-15(12-21-18(5,6)14(2)23-27)7-9-24-10-8-19-16(24)25(28)29/h8,10,13-15,20-21H,7,9,11-12H2,1-6H3. The fourth-order valence-corrected chi connectivity index (χ4v) is 2.62. The molecule has 0 fully saturated rings. The van der Waals surface area contributed by atoms with Crippen molar-refractivity contribution in [3.05, 3.63) is 32.3 Å². The van der Waals surface area contributed by atoms with Crippen LogP contribution in [0.15, 0.2) is 22.7 Å². The van der Waals surface area contributed by atoms with E-state index in [0.29, 0.717) is 26.1 Å². The van der Waals surface area contributed by atoms with Crippen molar-refractivity contribution in [2.75, 3.05) is 13.1 Å². The molecule has 0 aliphatic heterocycles. The summed E-state index contributed by atoms with van der Waals surface area (Å²) < 4.78 is 1.51. The van der Waals surface area contributed by atoms with Gasteiger partial charge < -0.3 is 20.7 Å². The van der Waals surface area contributed by atoms with Gasteiger partial charge in [0.1, 0.15) is 24.5 Å². The van der Waals surface area contributed by atoms with Crippen LogP contribution in [0.1, 0.15) is 48.0 Å². The lowest BCUT2D eigenvalue weighted by molar-refractivity contribution is -0.396. The maximum atomic E-state index is 11.1. The SMILES string of the molecule is CC(N=O)C(C)(C)NCC(CCn1ccnc1[N+](=O)[O-])CNC(C)(C)C(C)N=O. The molecule has 0 aliphatic carbocycles. The number of nitrogens with zero attached hydrogens (tertiary/aromatic N) is 5. The highest BCUT2D eigenvalue weighted by molar-refractivity contribution is 5.06. The Balaban J connectivity index is 2.84. The number of aromatic nitrogens is 2. The van der Waals surface area contributed by atoms with Crippen molar-refractivity contribution in [3.8, 4) is 0 Å². The third-order valence-corrected chi connectivity index (χ3v) is 5.73. The molecule has 29 heavy (non-hydrogen) atoms. The van der Waals surface area contributed by atoms with E-state index in [1.807, 2.05) is 27.7 Å². The summed E-state index contributed by atoms with van der Waals surface area (Å²) in [5, 5.41) is 24.1. The van der Waals surface area contributed by atoms with E-state index in [0.717, 1.165) is 0 Å². The predicted molar refractivity (Wildman–Crippen MR) is 112 cm³/mol. The molecule has 1 rings (SSSR count). The first-order chi connectivity index (χ1) is 13.4. The molecule has 1 heterocycles. The number of imidazole rings is 1. The van der Waals surface area contributed by atoms with Gasteiger partial charge in [-0.25, -0.2) is 4.57 Å². The number of hydrogen-bond donors (Lipinski definition) is 2. The molecular formula is C18H33N7O4. The zero-order valence-corrected chi connectivity index (χ0v) is 18.1. The first-order valence-corrected chi connectivity index (χ1v) is 9.75. The molecule has 2 unspecified atom stereocenters. The monoisotopic (exact) mass is 411 g/mol. The minimum atomic E-state index is -0.507. The van der Waals surface area contributed by atoms with Crippen LogP contribution in [0.3, 0.4) is 0 Å².